The average Bonchev–Trinajstić information content (AvgIpc) is 3.10. The van der Waals surface area contributed by atoms with Gasteiger partial charge in [-0.1, -0.05) is 30.3 Å². The number of carbonyl (C=O) groups is 2. The molecule has 1 saturated heterocycles. The van der Waals surface area contributed by atoms with Crippen molar-refractivity contribution in [3.05, 3.63) is 48.2 Å². The van der Waals surface area contributed by atoms with E-state index >= 15 is 0 Å². The highest BCUT2D eigenvalue weighted by Crippen LogP contribution is 2.19. The Kier molecular flexibility index (Phi) is 4.96. The van der Waals surface area contributed by atoms with Crippen LogP contribution in [-0.2, 0) is 9.53 Å². The van der Waals surface area contributed by atoms with Gasteiger partial charge in [-0.05, 0) is 17.7 Å². The number of hydrogen-bond donors (Lipinski definition) is 2. The number of hydrogen-bond acceptors (Lipinski definition) is 3. The largest absolute Gasteiger partial charge is 0.373 e. The second-order valence-corrected chi connectivity index (χ2v) is 5.83. The van der Waals surface area contributed by atoms with Gasteiger partial charge in [0.15, 0.2) is 0 Å². The molecule has 1 aromatic heterocycles. The first-order valence-electron chi connectivity index (χ1n) is 8.03. The number of nitrogens with one attached hydrogen (secondary N) is 2. The summed E-state index contributed by atoms with van der Waals surface area (Å²) < 4.78 is 5.60. The Balaban J connectivity index is 1.66. The van der Waals surface area contributed by atoms with E-state index in [0.29, 0.717) is 31.9 Å². The van der Waals surface area contributed by atoms with Crippen molar-refractivity contribution in [1.82, 2.24) is 15.2 Å². The number of aromatic nitrogens is 1. The Hall–Kier alpha value is -2.60. The van der Waals surface area contributed by atoms with E-state index < -0.39 is 0 Å². The van der Waals surface area contributed by atoms with Crippen LogP contribution in [0.4, 0.5) is 0 Å². The molecule has 3 rings (SSSR count). The van der Waals surface area contributed by atoms with E-state index in [-0.39, 0.29) is 17.9 Å². The summed E-state index contributed by atoms with van der Waals surface area (Å²) in [5, 5.41) is 2.73. The highest BCUT2D eigenvalue weighted by Gasteiger charge is 2.25. The maximum absolute atomic E-state index is 12.7. The van der Waals surface area contributed by atoms with Crippen molar-refractivity contribution < 1.29 is 14.3 Å². The lowest BCUT2D eigenvalue weighted by Crippen LogP contribution is -2.49. The summed E-state index contributed by atoms with van der Waals surface area (Å²) in [5.74, 6) is -0.146. The summed E-state index contributed by atoms with van der Waals surface area (Å²) in [5.41, 5.74) is 2.53. The van der Waals surface area contributed by atoms with E-state index in [9.17, 15) is 9.59 Å². The maximum atomic E-state index is 12.7. The fraction of sp³-hybridized carbons (Fsp3) is 0.333. The fourth-order valence-electron chi connectivity index (χ4n) is 2.76. The molecule has 1 aliphatic rings. The summed E-state index contributed by atoms with van der Waals surface area (Å²) in [4.78, 5) is 28.6. The van der Waals surface area contributed by atoms with Gasteiger partial charge in [0.05, 0.1) is 12.7 Å². The van der Waals surface area contributed by atoms with Crippen LogP contribution >= 0.6 is 0 Å². The number of aromatic amines is 1. The van der Waals surface area contributed by atoms with Gasteiger partial charge >= 0.3 is 0 Å². The Morgan fingerprint density at radius 2 is 2.04 bits per heavy atom. The van der Waals surface area contributed by atoms with Gasteiger partial charge in [0.25, 0.3) is 5.91 Å². The van der Waals surface area contributed by atoms with Gasteiger partial charge in [-0.3, -0.25) is 9.59 Å². The van der Waals surface area contributed by atoms with E-state index in [1.807, 2.05) is 42.5 Å². The van der Waals surface area contributed by atoms with Crippen molar-refractivity contribution in [2.75, 3.05) is 26.2 Å². The lowest BCUT2D eigenvalue weighted by atomic mass is 10.2. The third-order valence-electron chi connectivity index (χ3n) is 4.01. The molecule has 1 unspecified atom stereocenters. The van der Waals surface area contributed by atoms with Crippen molar-refractivity contribution in [3.63, 3.8) is 0 Å². The Morgan fingerprint density at radius 3 is 2.79 bits per heavy atom. The molecule has 126 valence electrons. The molecule has 0 spiro atoms. The summed E-state index contributed by atoms with van der Waals surface area (Å²) in [6, 6.07) is 13.6. The predicted octanol–water partition coefficient (Wildman–Crippen LogP) is 1.66. The van der Waals surface area contributed by atoms with Crippen molar-refractivity contribution in [2.24, 2.45) is 0 Å². The first-order valence-corrected chi connectivity index (χ1v) is 8.03. The normalized spacial score (nSPS) is 17.5. The number of benzene rings is 1. The van der Waals surface area contributed by atoms with E-state index in [2.05, 4.69) is 10.3 Å². The smallest absolute Gasteiger partial charge is 0.270 e. The van der Waals surface area contributed by atoms with E-state index in [1.165, 1.54) is 6.92 Å². The summed E-state index contributed by atoms with van der Waals surface area (Å²) in [6.07, 6.45) is -0.171. The number of H-pyrrole nitrogens is 1. The molecule has 24 heavy (non-hydrogen) atoms. The lowest BCUT2D eigenvalue weighted by molar-refractivity contribution is -0.120. The van der Waals surface area contributed by atoms with Crippen LogP contribution in [0.3, 0.4) is 0 Å². The third-order valence-corrected chi connectivity index (χ3v) is 4.01. The Bertz CT molecular complexity index is 711. The van der Waals surface area contributed by atoms with Crippen molar-refractivity contribution in [2.45, 2.75) is 13.0 Å². The van der Waals surface area contributed by atoms with Crippen molar-refractivity contribution in [3.8, 4) is 11.3 Å². The predicted molar refractivity (Wildman–Crippen MR) is 90.6 cm³/mol. The number of morpholine rings is 1. The number of carbonyl (C=O) groups excluding carboxylic acids is 2. The molecular formula is C18H21N3O3. The molecule has 0 bridgehead atoms. The molecule has 1 fully saturated rings. The van der Waals surface area contributed by atoms with E-state index in [0.717, 1.165) is 11.3 Å². The fourth-order valence-corrected chi connectivity index (χ4v) is 2.76. The average molecular weight is 327 g/mol. The van der Waals surface area contributed by atoms with Crippen LogP contribution in [0, 0.1) is 0 Å². The van der Waals surface area contributed by atoms with Crippen LogP contribution in [-0.4, -0.2) is 54.0 Å². The minimum absolute atomic E-state index is 0.0479. The minimum atomic E-state index is -0.171. The van der Waals surface area contributed by atoms with Crippen LogP contribution in [0.25, 0.3) is 11.3 Å². The molecule has 2 amide bonds. The number of amides is 2. The van der Waals surface area contributed by atoms with Gasteiger partial charge < -0.3 is 19.9 Å². The van der Waals surface area contributed by atoms with Crippen LogP contribution in [0.15, 0.2) is 42.5 Å². The second-order valence-electron chi connectivity index (χ2n) is 5.83. The van der Waals surface area contributed by atoms with Gasteiger partial charge in [0.2, 0.25) is 5.91 Å². The Labute approximate surface area is 140 Å². The van der Waals surface area contributed by atoms with Crippen molar-refractivity contribution >= 4 is 11.8 Å². The standard InChI is InChI=1S/C18H21N3O3/c1-13(22)19-11-15-12-21(9-10-24-15)18(23)17-8-7-16(20-17)14-5-3-2-4-6-14/h2-8,15,20H,9-12H2,1H3,(H,19,22). The highest BCUT2D eigenvalue weighted by molar-refractivity contribution is 5.93. The zero-order chi connectivity index (χ0) is 16.9. The van der Waals surface area contributed by atoms with Crippen LogP contribution < -0.4 is 5.32 Å². The van der Waals surface area contributed by atoms with Gasteiger partial charge in [-0.25, -0.2) is 0 Å². The SMILES string of the molecule is CC(=O)NCC1CN(C(=O)c2ccc(-c3ccccc3)[nH]2)CCO1. The quantitative estimate of drug-likeness (QED) is 0.897. The van der Waals surface area contributed by atoms with E-state index in [1.54, 1.807) is 4.90 Å². The molecule has 2 aromatic rings. The molecule has 2 heterocycles. The molecule has 6 nitrogen and oxygen atoms in total. The molecule has 1 atom stereocenters. The zero-order valence-electron chi connectivity index (χ0n) is 13.6. The molecule has 0 aliphatic carbocycles. The van der Waals surface area contributed by atoms with Crippen LogP contribution in [0.1, 0.15) is 17.4 Å². The lowest BCUT2D eigenvalue weighted by Gasteiger charge is -2.32. The van der Waals surface area contributed by atoms with Gasteiger partial charge in [0.1, 0.15) is 5.69 Å². The molecular weight excluding hydrogens is 306 g/mol. The molecule has 6 heteroatoms. The first-order chi connectivity index (χ1) is 11.6. The molecule has 0 radical (unpaired) electrons. The number of rotatable bonds is 4. The number of nitrogens with zero attached hydrogens (tertiary/aromatic N) is 1. The minimum Gasteiger partial charge on any atom is -0.373 e. The van der Waals surface area contributed by atoms with Crippen LogP contribution in [0.2, 0.25) is 0 Å². The second kappa shape index (κ2) is 7.31. The molecule has 0 saturated carbocycles. The summed E-state index contributed by atoms with van der Waals surface area (Å²) >= 11 is 0. The van der Waals surface area contributed by atoms with E-state index in [4.69, 9.17) is 4.74 Å². The maximum Gasteiger partial charge on any atom is 0.270 e. The zero-order valence-corrected chi connectivity index (χ0v) is 13.6. The number of ether oxygens (including phenoxy) is 1. The highest BCUT2D eigenvalue weighted by atomic mass is 16.5. The topological polar surface area (TPSA) is 74.4 Å². The van der Waals surface area contributed by atoms with Crippen molar-refractivity contribution in [1.29, 1.82) is 0 Å². The molecule has 2 N–H and O–H groups in total. The third kappa shape index (κ3) is 3.83. The monoisotopic (exact) mass is 327 g/mol. The van der Waals surface area contributed by atoms with Crippen LogP contribution in [0.5, 0.6) is 0 Å². The summed E-state index contributed by atoms with van der Waals surface area (Å²) in [7, 11) is 0. The Morgan fingerprint density at radius 1 is 1.25 bits per heavy atom. The summed E-state index contributed by atoms with van der Waals surface area (Å²) in [6.45, 7) is 3.38. The van der Waals surface area contributed by atoms with Gasteiger partial charge in [-0.15, -0.1) is 0 Å². The first kappa shape index (κ1) is 16.3. The van der Waals surface area contributed by atoms with Gasteiger partial charge in [-0.2, -0.15) is 0 Å². The van der Waals surface area contributed by atoms with Gasteiger partial charge in [0, 0.05) is 32.3 Å². The molecule has 1 aromatic carbocycles. The molecule has 1 aliphatic heterocycles.